The minimum Gasteiger partial charge on any atom is -0.398 e. The topological polar surface area (TPSA) is 38.0 Å². The molecule has 0 amide bonds. The highest BCUT2D eigenvalue weighted by Gasteiger charge is 2.13. The zero-order chi connectivity index (χ0) is 13.8. The lowest BCUT2D eigenvalue weighted by Gasteiger charge is -2.24. The molecule has 0 saturated heterocycles. The molecule has 0 aromatic heterocycles. The van der Waals surface area contributed by atoms with E-state index in [4.69, 9.17) is 5.73 Å². The van der Waals surface area contributed by atoms with Gasteiger partial charge >= 0.3 is 0 Å². The van der Waals surface area contributed by atoms with E-state index >= 15 is 0 Å². The van der Waals surface area contributed by atoms with Crippen molar-refractivity contribution in [2.24, 2.45) is 0 Å². The molecule has 104 valence electrons. The summed E-state index contributed by atoms with van der Waals surface area (Å²) in [5, 5.41) is 3.66. The van der Waals surface area contributed by atoms with Gasteiger partial charge in [0.1, 0.15) is 0 Å². The monoisotopic (exact) mass is 266 g/mol. The lowest BCUT2D eigenvalue weighted by molar-refractivity contribution is 0.463. The molecule has 3 rings (SSSR count). The van der Waals surface area contributed by atoms with E-state index in [2.05, 4.69) is 41.7 Å². The number of rotatable bonds is 3. The summed E-state index contributed by atoms with van der Waals surface area (Å²) in [5.41, 5.74) is 10.4. The fourth-order valence-electron chi connectivity index (χ4n) is 3.00. The molecule has 1 aliphatic rings. The molecule has 2 aromatic rings. The fraction of sp³-hybridized carbons (Fsp3) is 0.333. The van der Waals surface area contributed by atoms with Gasteiger partial charge in [0.25, 0.3) is 0 Å². The zero-order valence-corrected chi connectivity index (χ0v) is 11.8. The Morgan fingerprint density at radius 1 is 0.900 bits per heavy atom. The standard InChI is InChI=1S/C18H22N2/c19-18-12-11-16(20-15-9-5-2-6-10-15)13-17(18)14-7-3-1-4-8-14/h1,3-4,7-8,11-13,15,20H,2,5-6,9-10,19H2. The molecule has 0 radical (unpaired) electrons. The second kappa shape index (κ2) is 6.00. The number of hydrogen-bond donors (Lipinski definition) is 2. The highest BCUT2D eigenvalue weighted by molar-refractivity contribution is 5.79. The SMILES string of the molecule is Nc1ccc(NC2CCCCC2)cc1-c1ccccc1. The highest BCUT2D eigenvalue weighted by atomic mass is 14.9. The molecule has 2 aromatic carbocycles. The van der Waals surface area contributed by atoms with Crippen molar-refractivity contribution in [1.82, 2.24) is 0 Å². The van der Waals surface area contributed by atoms with Gasteiger partial charge in [0.2, 0.25) is 0 Å². The summed E-state index contributed by atoms with van der Waals surface area (Å²) in [6.45, 7) is 0. The first-order valence-electron chi connectivity index (χ1n) is 7.54. The second-order valence-corrected chi connectivity index (χ2v) is 5.65. The molecular formula is C18H22N2. The first kappa shape index (κ1) is 13.0. The Balaban J connectivity index is 1.83. The van der Waals surface area contributed by atoms with Crippen LogP contribution in [0.4, 0.5) is 11.4 Å². The van der Waals surface area contributed by atoms with Gasteiger partial charge in [0.15, 0.2) is 0 Å². The molecular weight excluding hydrogens is 244 g/mol. The molecule has 0 atom stereocenters. The normalized spacial score (nSPS) is 16.0. The predicted molar refractivity (Wildman–Crippen MR) is 86.8 cm³/mol. The van der Waals surface area contributed by atoms with E-state index in [0.29, 0.717) is 6.04 Å². The summed E-state index contributed by atoms with van der Waals surface area (Å²) < 4.78 is 0. The third kappa shape index (κ3) is 2.96. The molecule has 1 saturated carbocycles. The summed E-state index contributed by atoms with van der Waals surface area (Å²) in [6, 6.07) is 17.3. The average molecular weight is 266 g/mol. The number of nitrogens with one attached hydrogen (secondary N) is 1. The average Bonchev–Trinajstić information content (AvgIpc) is 2.51. The van der Waals surface area contributed by atoms with Crippen molar-refractivity contribution in [2.45, 2.75) is 38.1 Å². The van der Waals surface area contributed by atoms with Crippen molar-refractivity contribution in [3.63, 3.8) is 0 Å². The van der Waals surface area contributed by atoms with Gasteiger partial charge in [-0.2, -0.15) is 0 Å². The predicted octanol–water partition coefficient (Wildman–Crippen LogP) is 4.68. The van der Waals surface area contributed by atoms with E-state index in [-0.39, 0.29) is 0 Å². The van der Waals surface area contributed by atoms with Gasteiger partial charge in [0, 0.05) is 23.0 Å². The van der Waals surface area contributed by atoms with E-state index in [0.717, 1.165) is 11.3 Å². The molecule has 3 N–H and O–H groups in total. The third-order valence-electron chi connectivity index (χ3n) is 4.11. The molecule has 1 aliphatic carbocycles. The second-order valence-electron chi connectivity index (χ2n) is 5.65. The molecule has 0 bridgehead atoms. The Morgan fingerprint density at radius 2 is 1.65 bits per heavy atom. The van der Waals surface area contributed by atoms with E-state index in [1.807, 2.05) is 12.1 Å². The molecule has 1 fully saturated rings. The van der Waals surface area contributed by atoms with E-state index in [9.17, 15) is 0 Å². The van der Waals surface area contributed by atoms with Crippen LogP contribution in [-0.4, -0.2) is 6.04 Å². The maximum atomic E-state index is 6.13. The Bertz CT molecular complexity index is 557. The number of anilines is 2. The van der Waals surface area contributed by atoms with Crippen LogP contribution in [-0.2, 0) is 0 Å². The van der Waals surface area contributed by atoms with Gasteiger partial charge in [-0.05, 0) is 36.6 Å². The minimum absolute atomic E-state index is 0.621. The number of nitrogens with two attached hydrogens (primary N) is 1. The third-order valence-corrected chi connectivity index (χ3v) is 4.11. The van der Waals surface area contributed by atoms with Crippen LogP contribution in [0.25, 0.3) is 11.1 Å². The summed E-state index contributed by atoms with van der Waals surface area (Å²) in [4.78, 5) is 0. The van der Waals surface area contributed by atoms with Crippen molar-refractivity contribution in [3.05, 3.63) is 48.5 Å². The summed E-state index contributed by atoms with van der Waals surface area (Å²) in [5.74, 6) is 0. The molecule has 0 heterocycles. The van der Waals surface area contributed by atoms with Crippen LogP contribution in [0.2, 0.25) is 0 Å². The Hall–Kier alpha value is -1.96. The largest absolute Gasteiger partial charge is 0.398 e. The van der Waals surface area contributed by atoms with Crippen LogP contribution in [0.1, 0.15) is 32.1 Å². The molecule has 0 unspecified atom stereocenters. The molecule has 2 nitrogen and oxygen atoms in total. The number of nitrogen functional groups attached to an aromatic ring is 1. The molecule has 2 heteroatoms. The first-order chi connectivity index (χ1) is 9.83. The number of hydrogen-bond acceptors (Lipinski definition) is 2. The van der Waals surface area contributed by atoms with Crippen molar-refractivity contribution >= 4 is 11.4 Å². The van der Waals surface area contributed by atoms with Crippen molar-refractivity contribution < 1.29 is 0 Å². The van der Waals surface area contributed by atoms with Crippen molar-refractivity contribution in [1.29, 1.82) is 0 Å². The van der Waals surface area contributed by atoms with Crippen molar-refractivity contribution in [3.8, 4) is 11.1 Å². The van der Waals surface area contributed by atoms with Crippen molar-refractivity contribution in [2.75, 3.05) is 11.1 Å². The lowest BCUT2D eigenvalue weighted by Crippen LogP contribution is -2.22. The Labute approximate surface area is 121 Å². The molecule has 0 spiro atoms. The van der Waals surface area contributed by atoms with Gasteiger partial charge in [-0.1, -0.05) is 49.6 Å². The van der Waals surface area contributed by atoms with E-state index in [1.165, 1.54) is 43.4 Å². The number of benzene rings is 2. The van der Waals surface area contributed by atoms with Gasteiger partial charge in [-0.25, -0.2) is 0 Å². The fourth-order valence-corrected chi connectivity index (χ4v) is 3.00. The minimum atomic E-state index is 0.621. The highest BCUT2D eigenvalue weighted by Crippen LogP contribution is 2.30. The molecule has 0 aliphatic heterocycles. The zero-order valence-electron chi connectivity index (χ0n) is 11.8. The quantitative estimate of drug-likeness (QED) is 0.791. The maximum absolute atomic E-state index is 6.13. The van der Waals surface area contributed by atoms with Gasteiger partial charge in [-0.3, -0.25) is 0 Å². The van der Waals surface area contributed by atoms with E-state index in [1.54, 1.807) is 0 Å². The van der Waals surface area contributed by atoms with Gasteiger partial charge in [-0.15, -0.1) is 0 Å². The Kier molecular flexibility index (Phi) is 3.91. The summed E-state index contributed by atoms with van der Waals surface area (Å²) in [7, 11) is 0. The summed E-state index contributed by atoms with van der Waals surface area (Å²) in [6.07, 6.45) is 6.64. The smallest absolute Gasteiger partial charge is 0.0395 e. The van der Waals surface area contributed by atoms with E-state index < -0.39 is 0 Å². The maximum Gasteiger partial charge on any atom is 0.0395 e. The van der Waals surface area contributed by atoms with Gasteiger partial charge < -0.3 is 11.1 Å². The van der Waals surface area contributed by atoms with Crippen LogP contribution in [0, 0.1) is 0 Å². The van der Waals surface area contributed by atoms with Crippen LogP contribution < -0.4 is 11.1 Å². The van der Waals surface area contributed by atoms with Gasteiger partial charge in [0.05, 0.1) is 0 Å². The molecule has 20 heavy (non-hydrogen) atoms. The summed E-state index contributed by atoms with van der Waals surface area (Å²) >= 11 is 0. The van der Waals surface area contributed by atoms with Crippen LogP contribution in [0.3, 0.4) is 0 Å². The lowest BCUT2D eigenvalue weighted by atomic mass is 9.95. The first-order valence-corrected chi connectivity index (χ1v) is 7.54. The van der Waals surface area contributed by atoms with Crippen LogP contribution >= 0.6 is 0 Å². The van der Waals surface area contributed by atoms with Crippen LogP contribution in [0.15, 0.2) is 48.5 Å². The Morgan fingerprint density at radius 3 is 2.40 bits per heavy atom. The van der Waals surface area contributed by atoms with Crippen LogP contribution in [0.5, 0.6) is 0 Å².